The van der Waals surface area contributed by atoms with E-state index in [2.05, 4.69) is 9.97 Å². The summed E-state index contributed by atoms with van der Waals surface area (Å²) in [4.78, 5) is 35.5. The van der Waals surface area contributed by atoms with Gasteiger partial charge in [0.05, 0.1) is 19.5 Å². The second-order valence-corrected chi connectivity index (χ2v) is 6.24. The van der Waals surface area contributed by atoms with E-state index in [4.69, 9.17) is 10.5 Å². The number of aromatic amines is 1. The Labute approximate surface area is 151 Å². The zero-order chi connectivity index (χ0) is 18.5. The molecule has 0 radical (unpaired) electrons. The lowest BCUT2D eigenvalue weighted by Crippen LogP contribution is -2.54. The van der Waals surface area contributed by atoms with Gasteiger partial charge in [0, 0.05) is 50.1 Å². The summed E-state index contributed by atoms with van der Waals surface area (Å²) < 4.78 is 5.17. The molecule has 1 fully saturated rings. The smallest absolute Gasteiger partial charge is 0.254 e. The molecule has 26 heavy (non-hydrogen) atoms. The Kier molecular flexibility index (Phi) is 5.52. The molecule has 8 nitrogen and oxygen atoms in total. The Morgan fingerprint density at radius 1 is 1.27 bits per heavy atom. The molecule has 0 aliphatic carbocycles. The van der Waals surface area contributed by atoms with Gasteiger partial charge in [-0.3, -0.25) is 9.59 Å². The van der Waals surface area contributed by atoms with Crippen molar-refractivity contribution in [2.45, 2.75) is 12.5 Å². The van der Waals surface area contributed by atoms with Crippen molar-refractivity contribution in [3.8, 4) is 5.75 Å². The van der Waals surface area contributed by atoms with Crippen LogP contribution in [0.3, 0.4) is 0 Å². The first kappa shape index (κ1) is 17.9. The van der Waals surface area contributed by atoms with Gasteiger partial charge in [-0.2, -0.15) is 0 Å². The second kappa shape index (κ2) is 8.01. The number of amides is 2. The highest BCUT2D eigenvalue weighted by molar-refractivity contribution is 5.94. The average molecular weight is 357 g/mol. The second-order valence-electron chi connectivity index (χ2n) is 6.24. The van der Waals surface area contributed by atoms with Crippen molar-refractivity contribution >= 4 is 11.8 Å². The van der Waals surface area contributed by atoms with E-state index in [9.17, 15) is 9.59 Å². The first-order valence-electron chi connectivity index (χ1n) is 8.53. The summed E-state index contributed by atoms with van der Waals surface area (Å²) in [5.41, 5.74) is 7.44. The standard InChI is InChI=1S/C18H23N5O3/c1-26-15-4-2-3-13(9-15)17(24)22-5-7-23(8-6-22)18(25)16(19)10-14-11-20-12-21-14/h2-4,9,11-12,16H,5-8,10,19H2,1H3,(H,20,21)/t16-/m0/s1. The Morgan fingerprint density at radius 2 is 2.00 bits per heavy atom. The normalized spacial score (nSPS) is 15.6. The summed E-state index contributed by atoms with van der Waals surface area (Å²) in [5.74, 6) is 0.486. The lowest BCUT2D eigenvalue weighted by atomic mass is 10.1. The van der Waals surface area contributed by atoms with Crippen LogP contribution in [-0.4, -0.2) is 70.9 Å². The molecule has 1 aliphatic rings. The van der Waals surface area contributed by atoms with Gasteiger partial charge in [-0.1, -0.05) is 6.07 Å². The van der Waals surface area contributed by atoms with E-state index < -0.39 is 6.04 Å². The number of methoxy groups -OCH3 is 1. The SMILES string of the molecule is COc1cccc(C(=O)N2CCN(C(=O)[C@@H](N)Cc3cnc[nH]3)CC2)c1. The third-order valence-electron chi connectivity index (χ3n) is 4.51. The lowest BCUT2D eigenvalue weighted by molar-refractivity contribution is -0.134. The molecule has 1 aliphatic heterocycles. The minimum atomic E-state index is -0.615. The zero-order valence-corrected chi connectivity index (χ0v) is 14.7. The number of nitrogens with zero attached hydrogens (tertiary/aromatic N) is 3. The van der Waals surface area contributed by atoms with Crippen LogP contribution in [0, 0.1) is 0 Å². The summed E-state index contributed by atoms with van der Waals surface area (Å²) in [6, 6.07) is 6.47. The quantitative estimate of drug-likeness (QED) is 0.799. The van der Waals surface area contributed by atoms with Crippen LogP contribution in [0.2, 0.25) is 0 Å². The maximum Gasteiger partial charge on any atom is 0.254 e. The van der Waals surface area contributed by atoms with E-state index >= 15 is 0 Å². The van der Waals surface area contributed by atoms with Crippen molar-refractivity contribution in [2.75, 3.05) is 33.3 Å². The molecule has 138 valence electrons. The average Bonchev–Trinajstić information content (AvgIpc) is 3.20. The molecule has 2 aromatic rings. The van der Waals surface area contributed by atoms with Crippen LogP contribution in [0.1, 0.15) is 16.1 Å². The van der Waals surface area contributed by atoms with Crippen molar-refractivity contribution < 1.29 is 14.3 Å². The summed E-state index contributed by atoms with van der Waals surface area (Å²) in [7, 11) is 1.57. The summed E-state index contributed by atoms with van der Waals surface area (Å²) >= 11 is 0. The number of aromatic nitrogens is 2. The van der Waals surface area contributed by atoms with Crippen LogP contribution in [0.5, 0.6) is 5.75 Å². The Hall–Kier alpha value is -2.87. The molecule has 8 heteroatoms. The molecular weight excluding hydrogens is 334 g/mol. The molecule has 1 saturated heterocycles. The highest BCUT2D eigenvalue weighted by Crippen LogP contribution is 2.16. The summed E-state index contributed by atoms with van der Waals surface area (Å²) in [5, 5.41) is 0. The summed E-state index contributed by atoms with van der Waals surface area (Å²) in [6.45, 7) is 1.92. The van der Waals surface area contributed by atoms with Gasteiger partial charge in [-0.15, -0.1) is 0 Å². The predicted octanol–water partition coefficient (Wildman–Crippen LogP) is 0.273. The maximum atomic E-state index is 12.6. The largest absolute Gasteiger partial charge is 0.497 e. The van der Waals surface area contributed by atoms with E-state index in [1.807, 2.05) is 0 Å². The third-order valence-corrected chi connectivity index (χ3v) is 4.51. The number of rotatable bonds is 5. The zero-order valence-electron chi connectivity index (χ0n) is 14.7. The highest BCUT2D eigenvalue weighted by atomic mass is 16.5. The number of piperazine rings is 1. The van der Waals surface area contributed by atoms with E-state index in [-0.39, 0.29) is 11.8 Å². The van der Waals surface area contributed by atoms with E-state index in [1.165, 1.54) is 0 Å². The van der Waals surface area contributed by atoms with Gasteiger partial charge in [0.2, 0.25) is 5.91 Å². The molecule has 2 amide bonds. The van der Waals surface area contributed by atoms with Crippen LogP contribution in [-0.2, 0) is 11.2 Å². The number of hydrogen-bond acceptors (Lipinski definition) is 5. The number of carbonyl (C=O) groups is 2. The molecule has 1 aromatic carbocycles. The number of ether oxygens (including phenoxy) is 1. The molecule has 3 N–H and O–H groups in total. The fourth-order valence-corrected chi connectivity index (χ4v) is 3.02. The van der Waals surface area contributed by atoms with Crippen LogP contribution in [0.4, 0.5) is 0 Å². The lowest BCUT2D eigenvalue weighted by Gasteiger charge is -2.36. The molecule has 1 atom stereocenters. The number of H-pyrrole nitrogens is 1. The number of nitrogens with two attached hydrogens (primary N) is 1. The number of carbonyl (C=O) groups excluding carboxylic acids is 2. The van der Waals surface area contributed by atoms with Gasteiger partial charge < -0.3 is 25.3 Å². The van der Waals surface area contributed by atoms with Crippen molar-refractivity contribution in [3.63, 3.8) is 0 Å². The first-order chi connectivity index (χ1) is 12.6. The molecule has 0 spiro atoms. The Morgan fingerprint density at radius 3 is 2.65 bits per heavy atom. The Bertz CT molecular complexity index is 754. The molecule has 3 rings (SSSR count). The van der Waals surface area contributed by atoms with Crippen LogP contribution < -0.4 is 10.5 Å². The first-order valence-corrected chi connectivity index (χ1v) is 8.53. The van der Waals surface area contributed by atoms with Gasteiger partial charge in [-0.05, 0) is 18.2 Å². The van der Waals surface area contributed by atoms with Gasteiger partial charge in [0.15, 0.2) is 0 Å². The van der Waals surface area contributed by atoms with E-state index in [1.54, 1.807) is 53.7 Å². The van der Waals surface area contributed by atoms with Crippen molar-refractivity contribution in [1.29, 1.82) is 0 Å². The molecule has 0 bridgehead atoms. The topological polar surface area (TPSA) is 105 Å². The van der Waals surface area contributed by atoms with Crippen molar-refractivity contribution in [3.05, 3.63) is 48.0 Å². The van der Waals surface area contributed by atoms with Gasteiger partial charge >= 0.3 is 0 Å². The number of nitrogens with one attached hydrogen (secondary N) is 1. The van der Waals surface area contributed by atoms with Crippen LogP contribution >= 0.6 is 0 Å². The van der Waals surface area contributed by atoms with Crippen LogP contribution in [0.15, 0.2) is 36.8 Å². The van der Waals surface area contributed by atoms with Crippen molar-refractivity contribution in [1.82, 2.24) is 19.8 Å². The minimum absolute atomic E-state index is 0.0576. The van der Waals surface area contributed by atoms with Gasteiger partial charge in [-0.25, -0.2) is 4.98 Å². The van der Waals surface area contributed by atoms with Gasteiger partial charge in [0.25, 0.3) is 5.91 Å². The summed E-state index contributed by atoms with van der Waals surface area (Å²) in [6.07, 6.45) is 3.65. The number of imidazole rings is 1. The van der Waals surface area contributed by atoms with E-state index in [0.717, 1.165) is 5.69 Å². The third kappa shape index (κ3) is 4.02. The number of hydrogen-bond donors (Lipinski definition) is 2. The number of benzene rings is 1. The van der Waals surface area contributed by atoms with E-state index in [0.29, 0.717) is 43.9 Å². The Balaban J connectivity index is 1.54. The van der Waals surface area contributed by atoms with Crippen molar-refractivity contribution in [2.24, 2.45) is 5.73 Å². The monoisotopic (exact) mass is 357 g/mol. The predicted molar refractivity (Wildman–Crippen MR) is 95.7 cm³/mol. The molecular formula is C18H23N5O3. The minimum Gasteiger partial charge on any atom is -0.497 e. The fourth-order valence-electron chi connectivity index (χ4n) is 3.02. The molecule has 0 unspecified atom stereocenters. The molecule has 0 saturated carbocycles. The van der Waals surface area contributed by atoms with Crippen LogP contribution in [0.25, 0.3) is 0 Å². The fraction of sp³-hybridized carbons (Fsp3) is 0.389. The molecule has 2 heterocycles. The molecule has 1 aromatic heterocycles. The highest BCUT2D eigenvalue weighted by Gasteiger charge is 2.28. The maximum absolute atomic E-state index is 12.6. The van der Waals surface area contributed by atoms with Gasteiger partial charge in [0.1, 0.15) is 5.75 Å².